The molecule has 2 aliphatic heterocycles. The third-order valence-corrected chi connectivity index (χ3v) is 8.94. The lowest BCUT2D eigenvalue weighted by Gasteiger charge is -2.33. The van der Waals surface area contributed by atoms with Crippen LogP contribution in [0.4, 0.5) is 10.5 Å². The Kier molecular flexibility index (Phi) is 9.08. The van der Waals surface area contributed by atoms with Crippen LogP contribution < -0.4 is 10.2 Å². The molecule has 43 heavy (non-hydrogen) atoms. The summed E-state index contributed by atoms with van der Waals surface area (Å²) in [6, 6.07) is 27.7. The molecule has 6 rings (SSSR count). The van der Waals surface area contributed by atoms with E-state index in [2.05, 4.69) is 81.5 Å². The number of para-hydroxylation sites is 1. The Labute approximate surface area is 254 Å². The molecule has 1 N–H and O–H groups in total. The van der Waals surface area contributed by atoms with Gasteiger partial charge in [0.15, 0.2) is 0 Å². The first-order valence-electron chi connectivity index (χ1n) is 15.7. The van der Waals surface area contributed by atoms with Gasteiger partial charge in [-0.25, -0.2) is 4.79 Å². The Morgan fingerprint density at radius 1 is 0.953 bits per heavy atom. The molecule has 7 nitrogen and oxygen atoms in total. The lowest BCUT2D eigenvalue weighted by atomic mass is 9.94. The van der Waals surface area contributed by atoms with E-state index in [4.69, 9.17) is 4.74 Å². The van der Waals surface area contributed by atoms with Gasteiger partial charge >= 0.3 is 6.03 Å². The molecule has 2 aliphatic rings. The van der Waals surface area contributed by atoms with Crippen molar-refractivity contribution in [1.82, 2.24) is 14.8 Å². The van der Waals surface area contributed by atoms with Crippen LogP contribution in [0.2, 0.25) is 0 Å². The topological polar surface area (TPSA) is 66.8 Å². The molecule has 224 valence electrons. The molecule has 0 saturated carbocycles. The molecule has 3 aromatic carbocycles. The number of carbonyl (C=O) groups is 2. The number of likely N-dealkylation sites (tertiary alicyclic amines) is 1. The van der Waals surface area contributed by atoms with Crippen LogP contribution >= 0.6 is 0 Å². The molecule has 1 aromatic heterocycles. The van der Waals surface area contributed by atoms with Crippen LogP contribution in [-0.4, -0.2) is 61.3 Å². The standard InChI is InChI=1S/C36H42N4O3/c1-43-24-6-22-40-33-10-3-2-8-30(33)25-34(40)31-9-5-21-38(26-31)35(41)11-4-7-27-12-14-28(15-13-27)29-16-18-32(19-17-29)39-23-20-37-36(39)42/h2-3,8,10,12-19,25,31H,4-7,9,11,20-24,26H2,1H3,(H,37,42). The smallest absolute Gasteiger partial charge is 0.321 e. The number of hydrogen-bond donors (Lipinski definition) is 1. The fourth-order valence-electron chi connectivity index (χ4n) is 6.65. The number of nitrogens with one attached hydrogen (secondary N) is 1. The number of hydrogen-bond acceptors (Lipinski definition) is 3. The van der Waals surface area contributed by atoms with Crippen LogP contribution in [0, 0.1) is 0 Å². The summed E-state index contributed by atoms with van der Waals surface area (Å²) in [7, 11) is 1.76. The van der Waals surface area contributed by atoms with Crippen molar-refractivity contribution < 1.29 is 14.3 Å². The number of anilines is 1. The first-order valence-corrected chi connectivity index (χ1v) is 15.7. The van der Waals surface area contributed by atoms with Gasteiger partial charge in [0.2, 0.25) is 5.91 Å². The lowest BCUT2D eigenvalue weighted by Crippen LogP contribution is -2.39. The largest absolute Gasteiger partial charge is 0.385 e. The van der Waals surface area contributed by atoms with Crippen LogP contribution in [0.15, 0.2) is 78.9 Å². The molecule has 4 aromatic rings. The van der Waals surface area contributed by atoms with Crippen molar-refractivity contribution in [3.8, 4) is 11.1 Å². The lowest BCUT2D eigenvalue weighted by molar-refractivity contribution is -0.132. The molecule has 0 aliphatic carbocycles. The average molecular weight is 579 g/mol. The van der Waals surface area contributed by atoms with Gasteiger partial charge in [-0.05, 0) is 78.4 Å². The van der Waals surface area contributed by atoms with Gasteiger partial charge in [-0.2, -0.15) is 0 Å². The zero-order valence-corrected chi connectivity index (χ0v) is 25.1. The van der Waals surface area contributed by atoms with E-state index in [1.54, 1.807) is 12.0 Å². The number of nitrogens with zero attached hydrogens (tertiary/aromatic N) is 3. The second-order valence-electron chi connectivity index (χ2n) is 11.8. The van der Waals surface area contributed by atoms with E-state index in [0.717, 1.165) is 75.2 Å². The number of aromatic nitrogens is 1. The van der Waals surface area contributed by atoms with E-state index < -0.39 is 0 Å². The van der Waals surface area contributed by atoms with Crippen molar-refractivity contribution in [2.75, 3.05) is 44.8 Å². The predicted octanol–water partition coefficient (Wildman–Crippen LogP) is 6.60. The molecule has 3 amide bonds. The van der Waals surface area contributed by atoms with E-state index in [9.17, 15) is 9.59 Å². The van der Waals surface area contributed by atoms with Crippen molar-refractivity contribution >= 4 is 28.5 Å². The Hall–Kier alpha value is -4.10. The fourth-order valence-corrected chi connectivity index (χ4v) is 6.65. The number of ether oxygens (including phenoxy) is 1. The van der Waals surface area contributed by atoms with E-state index in [0.29, 0.717) is 25.4 Å². The average Bonchev–Trinajstić information content (AvgIpc) is 3.65. The van der Waals surface area contributed by atoms with Crippen molar-refractivity contribution in [2.24, 2.45) is 0 Å². The van der Waals surface area contributed by atoms with Gasteiger partial charge in [-0.1, -0.05) is 54.6 Å². The molecule has 7 heteroatoms. The molecule has 0 radical (unpaired) electrons. The summed E-state index contributed by atoms with van der Waals surface area (Å²) in [5, 5.41) is 4.12. The maximum Gasteiger partial charge on any atom is 0.321 e. The highest BCUT2D eigenvalue weighted by atomic mass is 16.5. The summed E-state index contributed by atoms with van der Waals surface area (Å²) in [6.07, 6.45) is 5.46. The second-order valence-corrected chi connectivity index (χ2v) is 11.8. The Bertz CT molecular complexity index is 1540. The summed E-state index contributed by atoms with van der Waals surface area (Å²) in [6.45, 7) is 4.73. The second kappa shape index (κ2) is 13.5. The minimum absolute atomic E-state index is 0.0340. The van der Waals surface area contributed by atoms with Gasteiger partial charge in [0.05, 0.1) is 0 Å². The van der Waals surface area contributed by atoms with E-state index in [-0.39, 0.29) is 11.9 Å². The summed E-state index contributed by atoms with van der Waals surface area (Å²) in [4.78, 5) is 29.1. The summed E-state index contributed by atoms with van der Waals surface area (Å²) in [5.41, 5.74) is 7.07. The van der Waals surface area contributed by atoms with Gasteiger partial charge in [-0.3, -0.25) is 9.69 Å². The Balaban J connectivity index is 1.02. The highest BCUT2D eigenvalue weighted by Crippen LogP contribution is 2.32. The van der Waals surface area contributed by atoms with Crippen molar-refractivity contribution in [3.05, 3.63) is 90.1 Å². The van der Waals surface area contributed by atoms with Gasteiger partial charge in [-0.15, -0.1) is 0 Å². The van der Waals surface area contributed by atoms with Crippen molar-refractivity contribution in [3.63, 3.8) is 0 Å². The van der Waals surface area contributed by atoms with Crippen molar-refractivity contribution in [1.29, 1.82) is 0 Å². The molecule has 2 fully saturated rings. The highest BCUT2D eigenvalue weighted by molar-refractivity contribution is 5.94. The first-order chi connectivity index (χ1) is 21.1. The number of aryl methyl sites for hydroxylation is 2. The number of piperidine rings is 1. The maximum atomic E-state index is 13.3. The van der Waals surface area contributed by atoms with E-state index in [1.807, 2.05) is 12.1 Å². The molecule has 1 atom stereocenters. The van der Waals surface area contributed by atoms with Crippen LogP contribution in [0.25, 0.3) is 22.0 Å². The SMILES string of the molecule is COCCCn1c(C2CCCN(C(=O)CCCc3ccc(-c4ccc(N5CCNC5=O)cc4)cc3)C2)cc2ccccc21. The normalized spacial score (nSPS) is 17.0. The number of methoxy groups -OCH3 is 1. The summed E-state index contributed by atoms with van der Waals surface area (Å²) in [5.74, 6) is 0.636. The first kappa shape index (κ1) is 29.0. The van der Waals surface area contributed by atoms with Crippen molar-refractivity contribution in [2.45, 2.75) is 51.0 Å². The number of urea groups is 1. The van der Waals surface area contributed by atoms with Gasteiger partial charge < -0.3 is 19.5 Å². The number of rotatable bonds is 11. The maximum absolute atomic E-state index is 13.3. The summed E-state index contributed by atoms with van der Waals surface area (Å²) < 4.78 is 7.78. The quantitative estimate of drug-likeness (QED) is 0.204. The molecular weight excluding hydrogens is 536 g/mol. The number of carbonyl (C=O) groups excluding carboxylic acids is 2. The zero-order chi connectivity index (χ0) is 29.6. The van der Waals surface area contributed by atoms with Crippen LogP contribution in [0.1, 0.15) is 49.3 Å². The molecule has 0 spiro atoms. The predicted molar refractivity (Wildman–Crippen MR) is 173 cm³/mol. The van der Waals surface area contributed by atoms with E-state index >= 15 is 0 Å². The third-order valence-electron chi connectivity index (χ3n) is 8.94. The monoisotopic (exact) mass is 578 g/mol. The number of benzene rings is 3. The van der Waals surface area contributed by atoms with Gasteiger partial charge in [0.1, 0.15) is 0 Å². The summed E-state index contributed by atoms with van der Waals surface area (Å²) >= 11 is 0. The Morgan fingerprint density at radius 3 is 2.47 bits per heavy atom. The molecule has 2 saturated heterocycles. The van der Waals surface area contributed by atoms with Crippen LogP contribution in [-0.2, 0) is 22.5 Å². The van der Waals surface area contributed by atoms with Crippen LogP contribution in [0.5, 0.6) is 0 Å². The number of fused-ring (bicyclic) bond motifs is 1. The Morgan fingerprint density at radius 2 is 1.72 bits per heavy atom. The third kappa shape index (κ3) is 6.62. The minimum atomic E-state index is -0.0340. The molecule has 0 bridgehead atoms. The highest BCUT2D eigenvalue weighted by Gasteiger charge is 2.27. The van der Waals surface area contributed by atoms with Gasteiger partial charge in [0, 0.05) is 75.7 Å². The fraction of sp³-hybridized carbons (Fsp3) is 0.389. The molecular formula is C36H42N4O3. The number of amides is 3. The molecule has 1 unspecified atom stereocenters. The van der Waals surface area contributed by atoms with Gasteiger partial charge in [0.25, 0.3) is 0 Å². The zero-order valence-electron chi connectivity index (χ0n) is 25.1. The molecule has 3 heterocycles. The minimum Gasteiger partial charge on any atom is -0.385 e. The van der Waals surface area contributed by atoms with Crippen LogP contribution in [0.3, 0.4) is 0 Å². The van der Waals surface area contributed by atoms with E-state index in [1.165, 1.54) is 22.2 Å².